The molecule has 0 saturated heterocycles. The van der Waals surface area contributed by atoms with Crippen LogP contribution in [0.5, 0.6) is 0 Å². The molecule has 1 N–H and O–H groups in total. The van der Waals surface area contributed by atoms with Crippen LogP contribution in [0.2, 0.25) is 0 Å². The third kappa shape index (κ3) is 2.44. The maximum atomic E-state index is 13.2. The predicted molar refractivity (Wildman–Crippen MR) is 92.4 cm³/mol. The van der Waals surface area contributed by atoms with Gasteiger partial charge in [-0.25, -0.2) is 0 Å². The molecule has 0 radical (unpaired) electrons. The molecule has 2 atom stereocenters. The van der Waals surface area contributed by atoms with Gasteiger partial charge in [-0.1, -0.05) is 17.7 Å². The number of hydrogen-bond acceptors (Lipinski definition) is 3. The normalized spacial score (nSPS) is 22.9. The van der Waals surface area contributed by atoms with Crippen molar-refractivity contribution in [3.05, 3.63) is 46.3 Å². The third-order valence-corrected chi connectivity index (χ3v) is 5.04. The molecule has 1 aromatic heterocycles. The molecule has 3 heterocycles. The molecule has 0 aliphatic carbocycles. The number of aryl methyl sites for hydroxylation is 2. The summed E-state index contributed by atoms with van der Waals surface area (Å²) >= 11 is 0. The molecule has 2 aromatic rings. The number of nitrogens with zero attached hydrogens (tertiary/aromatic N) is 2. The highest BCUT2D eigenvalue weighted by Crippen LogP contribution is 2.33. The number of H-pyrrole nitrogens is 1. The topological polar surface area (TPSA) is 58.2 Å². The summed E-state index contributed by atoms with van der Waals surface area (Å²) in [5, 5.41) is 7.38. The van der Waals surface area contributed by atoms with Crippen LogP contribution in [0.4, 0.5) is 5.69 Å². The van der Waals surface area contributed by atoms with E-state index in [9.17, 15) is 4.79 Å². The average Bonchev–Trinajstić information content (AvgIpc) is 2.97. The molecule has 4 rings (SSSR count). The van der Waals surface area contributed by atoms with E-state index in [-0.39, 0.29) is 18.1 Å². The van der Waals surface area contributed by atoms with Crippen LogP contribution in [0.1, 0.15) is 59.2 Å². The van der Waals surface area contributed by atoms with E-state index in [2.05, 4.69) is 35.3 Å². The number of carbonyl (C=O) groups is 1. The molecular formula is C19H23N3O2. The van der Waals surface area contributed by atoms with E-state index in [4.69, 9.17) is 4.74 Å². The maximum Gasteiger partial charge on any atom is 0.279 e. The maximum absolute atomic E-state index is 13.2. The van der Waals surface area contributed by atoms with Crippen LogP contribution in [0.25, 0.3) is 0 Å². The van der Waals surface area contributed by atoms with Gasteiger partial charge in [0, 0.05) is 24.2 Å². The van der Waals surface area contributed by atoms with Crippen LogP contribution in [0.3, 0.4) is 0 Å². The average molecular weight is 325 g/mol. The van der Waals surface area contributed by atoms with Crippen molar-refractivity contribution < 1.29 is 9.53 Å². The highest BCUT2D eigenvalue weighted by molar-refractivity contribution is 6.06. The van der Waals surface area contributed by atoms with E-state index in [0.717, 1.165) is 42.8 Å². The second-order valence-corrected chi connectivity index (χ2v) is 6.95. The lowest BCUT2D eigenvalue weighted by Crippen LogP contribution is -2.36. The fourth-order valence-corrected chi connectivity index (χ4v) is 3.92. The van der Waals surface area contributed by atoms with E-state index >= 15 is 0 Å². The van der Waals surface area contributed by atoms with Crippen LogP contribution in [0, 0.1) is 6.92 Å². The SMILES string of the molecule is Cc1ccc2c(c1)CCCN2C(=O)c1n[nH]c2c1C[C@@H](C)O[C@H]2C. The van der Waals surface area contributed by atoms with Gasteiger partial charge >= 0.3 is 0 Å². The number of amides is 1. The van der Waals surface area contributed by atoms with Crippen molar-refractivity contribution in [1.29, 1.82) is 0 Å². The summed E-state index contributed by atoms with van der Waals surface area (Å²) in [6.07, 6.45) is 2.81. The first-order chi connectivity index (χ1) is 11.5. The lowest BCUT2D eigenvalue weighted by molar-refractivity contribution is -0.00696. The fourth-order valence-electron chi connectivity index (χ4n) is 3.92. The lowest BCUT2D eigenvalue weighted by atomic mass is 9.97. The molecule has 0 unspecified atom stereocenters. The number of ether oxygens (including phenoxy) is 1. The Labute approximate surface area is 142 Å². The highest BCUT2D eigenvalue weighted by atomic mass is 16.5. The van der Waals surface area contributed by atoms with Gasteiger partial charge in [0.15, 0.2) is 5.69 Å². The van der Waals surface area contributed by atoms with Gasteiger partial charge in [-0.3, -0.25) is 9.89 Å². The van der Waals surface area contributed by atoms with E-state index in [1.165, 1.54) is 11.1 Å². The Bertz CT molecular complexity index is 796. The summed E-state index contributed by atoms with van der Waals surface area (Å²) in [6, 6.07) is 6.32. The standard InChI is InChI=1S/C19H23N3O2/c1-11-6-7-16-14(9-11)5-4-8-22(16)19(23)18-15-10-12(2)24-13(3)17(15)20-21-18/h6-7,9,12-13H,4-5,8,10H2,1-3H3,(H,20,21)/t12-,13+/m1/s1. The Morgan fingerprint density at radius 1 is 1.38 bits per heavy atom. The number of anilines is 1. The first kappa shape index (κ1) is 15.4. The van der Waals surface area contributed by atoms with Gasteiger partial charge < -0.3 is 9.64 Å². The second-order valence-electron chi connectivity index (χ2n) is 6.95. The van der Waals surface area contributed by atoms with E-state index in [1.807, 2.05) is 18.7 Å². The van der Waals surface area contributed by atoms with Gasteiger partial charge in [0.05, 0.1) is 17.9 Å². The number of fused-ring (bicyclic) bond motifs is 2. The second kappa shape index (κ2) is 5.74. The van der Waals surface area contributed by atoms with Gasteiger partial charge in [-0.05, 0) is 45.2 Å². The number of aromatic amines is 1. The number of nitrogens with one attached hydrogen (secondary N) is 1. The predicted octanol–water partition coefficient (Wildman–Crippen LogP) is 3.33. The molecule has 1 aromatic carbocycles. The molecule has 0 fully saturated rings. The molecule has 0 bridgehead atoms. The summed E-state index contributed by atoms with van der Waals surface area (Å²) in [4.78, 5) is 15.1. The monoisotopic (exact) mass is 325 g/mol. The molecule has 24 heavy (non-hydrogen) atoms. The summed E-state index contributed by atoms with van der Waals surface area (Å²) in [5.41, 5.74) is 6.04. The highest BCUT2D eigenvalue weighted by Gasteiger charge is 2.33. The Balaban J connectivity index is 1.72. The van der Waals surface area contributed by atoms with Crippen LogP contribution < -0.4 is 4.90 Å². The zero-order valence-corrected chi connectivity index (χ0v) is 14.4. The van der Waals surface area contributed by atoms with Gasteiger partial charge in [-0.15, -0.1) is 0 Å². The molecule has 126 valence electrons. The van der Waals surface area contributed by atoms with Crippen LogP contribution >= 0.6 is 0 Å². The van der Waals surface area contributed by atoms with Crippen molar-refractivity contribution in [3.63, 3.8) is 0 Å². The van der Waals surface area contributed by atoms with Gasteiger partial charge in [0.1, 0.15) is 0 Å². The molecular weight excluding hydrogens is 302 g/mol. The minimum absolute atomic E-state index is 0.00129. The van der Waals surface area contributed by atoms with Crippen LogP contribution in [-0.4, -0.2) is 28.8 Å². The summed E-state index contributed by atoms with van der Waals surface area (Å²) in [6.45, 7) is 6.88. The zero-order valence-electron chi connectivity index (χ0n) is 14.4. The molecule has 2 aliphatic heterocycles. The van der Waals surface area contributed by atoms with Gasteiger partial charge in [0.2, 0.25) is 0 Å². The van der Waals surface area contributed by atoms with Crippen molar-refractivity contribution >= 4 is 11.6 Å². The van der Waals surface area contributed by atoms with Gasteiger partial charge in [0.25, 0.3) is 5.91 Å². The first-order valence-corrected chi connectivity index (χ1v) is 8.68. The minimum atomic E-state index is -0.0471. The Morgan fingerprint density at radius 3 is 3.04 bits per heavy atom. The number of carbonyl (C=O) groups excluding carboxylic acids is 1. The van der Waals surface area contributed by atoms with Gasteiger partial charge in [-0.2, -0.15) is 5.10 Å². The summed E-state index contributed by atoms with van der Waals surface area (Å²) in [5.74, 6) is -0.00129. The summed E-state index contributed by atoms with van der Waals surface area (Å²) < 4.78 is 5.82. The molecule has 0 spiro atoms. The molecule has 1 amide bonds. The number of rotatable bonds is 1. The van der Waals surface area contributed by atoms with Crippen molar-refractivity contribution in [2.45, 2.75) is 52.2 Å². The Morgan fingerprint density at radius 2 is 2.21 bits per heavy atom. The van der Waals surface area contributed by atoms with Crippen LogP contribution in [-0.2, 0) is 17.6 Å². The largest absolute Gasteiger partial charge is 0.369 e. The molecule has 2 aliphatic rings. The number of hydrogen-bond donors (Lipinski definition) is 1. The Kier molecular flexibility index (Phi) is 3.68. The fraction of sp³-hybridized carbons (Fsp3) is 0.474. The van der Waals surface area contributed by atoms with E-state index in [1.54, 1.807) is 0 Å². The van der Waals surface area contributed by atoms with Crippen molar-refractivity contribution in [2.24, 2.45) is 0 Å². The molecule has 5 heteroatoms. The van der Waals surface area contributed by atoms with E-state index < -0.39 is 0 Å². The Hall–Kier alpha value is -2.14. The van der Waals surface area contributed by atoms with E-state index in [0.29, 0.717) is 5.69 Å². The molecule has 5 nitrogen and oxygen atoms in total. The smallest absolute Gasteiger partial charge is 0.279 e. The van der Waals surface area contributed by atoms with Crippen molar-refractivity contribution in [3.8, 4) is 0 Å². The first-order valence-electron chi connectivity index (χ1n) is 8.68. The number of benzene rings is 1. The molecule has 0 saturated carbocycles. The number of aromatic nitrogens is 2. The quantitative estimate of drug-likeness (QED) is 0.875. The zero-order chi connectivity index (χ0) is 16.8. The van der Waals surface area contributed by atoms with Crippen LogP contribution in [0.15, 0.2) is 18.2 Å². The minimum Gasteiger partial charge on any atom is -0.369 e. The lowest BCUT2D eigenvalue weighted by Gasteiger charge is -2.30. The van der Waals surface area contributed by atoms with Crippen molar-refractivity contribution in [1.82, 2.24) is 10.2 Å². The van der Waals surface area contributed by atoms with Crippen molar-refractivity contribution in [2.75, 3.05) is 11.4 Å². The summed E-state index contributed by atoms with van der Waals surface area (Å²) in [7, 11) is 0. The third-order valence-electron chi connectivity index (χ3n) is 5.04.